The van der Waals surface area contributed by atoms with Crippen LogP contribution in [0.25, 0.3) is 0 Å². The number of hydrogen-bond acceptors (Lipinski definition) is 2. The molecule has 0 saturated heterocycles. The van der Waals surface area contributed by atoms with Crippen LogP contribution in [0.1, 0.15) is 0 Å². The number of rotatable bonds is 1. The third kappa shape index (κ3) is 789. The summed E-state index contributed by atoms with van der Waals surface area (Å²) in [4.78, 5) is 2.00. The third-order valence-corrected chi connectivity index (χ3v) is 0.866. The number of nitrogens with one attached hydrogen (secondary N) is 2. The second kappa shape index (κ2) is 18.7. The molecule has 0 radical (unpaired) electrons. The first-order valence-corrected chi connectivity index (χ1v) is 3.39. The molecule has 0 spiro atoms. The molecule has 2 N–H and O–H groups in total. The first-order chi connectivity index (χ1) is 3.33. The van der Waals surface area contributed by atoms with Gasteiger partial charge in [0.25, 0.3) is 0 Å². The number of hydrogen-bond donors (Lipinski definition) is 2. The van der Waals surface area contributed by atoms with Crippen LogP contribution in [0.3, 0.4) is 0 Å². The summed E-state index contributed by atoms with van der Waals surface area (Å²) in [6.45, 7) is 3.51. The van der Waals surface area contributed by atoms with Gasteiger partial charge in [-0.25, -0.2) is 0 Å². The van der Waals surface area contributed by atoms with Gasteiger partial charge in [0.2, 0.25) is 4.91 Å². The summed E-state index contributed by atoms with van der Waals surface area (Å²) < 4.78 is 0. The highest BCUT2D eigenvalue weighted by atomic mass is 28.1. The topological polar surface area (TPSA) is 61.8 Å². The quantitative estimate of drug-likeness (QED) is 0.211. The molecular formula is C3H10N3Si+. The van der Waals surface area contributed by atoms with Gasteiger partial charge in [0.1, 0.15) is 11.1 Å². The van der Waals surface area contributed by atoms with E-state index < -0.39 is 0 Å². The first kappa shape index (κ1) is 9.55. The van der Waals surface area contributed by atoms with E-state index in [2.05, 4.69) is 6.58 Å². The molecule has 0 rings (SSSR count). The molecule has 0 saturated carbocycles. The first-order valence-electron chi connectivity index (χ1n) is 1.97. The standard InChI is InChI=1S/C3H8Si.H2N3/c1-2-3-4;1-3-2/h2H,1,3H2,4H3;1-2H/q;+1. The van der Waals surface area contributed by atoms with Crippen LogP contribution in [0.4, 0.5) is 0 Å². The summed E-state index contributed by atoms with van der Waals surface area (Å²) in [6, 6.07) is 1.22. The molecular weight excluding hydrogens is 106 g/mol. The van der Waals surface area contributed by atoms with Gasteiger partial charge < -0.3 is 0 Å². The second-order valence-electron chi connectivity index (χ2n) is 0.809. The number of allylic oxidation sites excluding steroid dienone is 1. The molecule has 0 aliphatic rings. The van der Waals surface area contributed by atoms with Crippen molar-refractivity contribution in [2.24, 2.45) is 0 Å². The Morgan fingerprint density at radius 1 is 1.71 bits per heavy atom. The van der Waals surface area contributed by atoms with Crippen molar-refractivity contribution in [3.8, 4) is 0 Å². The molecule has 0 aliphatic heterocycles. The summed E-state index contributed by atoms with van der Waals surface area (Å²) in [5, 5.41) is 0. The second-order valence-corrected chi connectivity index (χ2v) is 1.63. The molecule has 7 heavy (non-hydrogen) atoms. The summed E-state index contributed by atoms with van der Waals surface area (Å²) in [5.41, 5.74) is 11.0. The SMILES string of the molecule is C=CC[SiH3].N=[N+]=N. The predicted molar refractivity (Wildman–Crippen MR) is 32.5 cm³/mol. The van der Waals surface area contributed by atoms with E-state index in [-0.39, 0.29) is 0 Å². The molecule has 0 atom stereocenters. The third-order valence-electron chi connectivity index (χ3n) is 0.289. The van der Waals surface area contributed by atoms with Crippen LogP contribution in [0.15, 0.2) is 12.7 Å². The molecule has 0 aromatic carbocycles. The van der Waals surface area contributed by atoms with Crippen LogP contribution in [0.5, 0.6) is 0 Å². The molecule has 0 fully saturated rings. The van der Waals surface area contributed by atoms with Crippen LogP contribution >= 0.6 is 0 Å². The average Bonchev–Trinajstić information content (AvgIpc) is 1.69. The Bertz CT molecular complexity index is 64.6. The fraction of sp³-hybridized carbons (Fsp3) is 0.333. The summed E-state index contributed by atoms with van der Waals surface area (Å²) in [5.74, 6) is 0. The van der Waals surface area contributed by atoms with Crippen molar-refractivity contribution in [1.82, 2.24) is 4.91 Å². The van der Waals surface area contributed by atoms with Gasteiger partial charge >= 0.3 is 0 Å². The molecule has 4 heteroatoms. The van der Waals surface area contributed by atoms with Crippen LogP contribution in [-0.4, -0.2) is 10.2 Å². The van der Waals surface area contributed by atoms with Gasteiger partial charge in [-0.3, -0.25) is 0 Å². The highest BCUT2D eigenvalue weighted by molar-refractivity contribution is 6.09. The van der Waals surface area contributed by atoms with Crippen LogP contribution in [0.2, 0.25) is 6.04 Å². The van der Waals surface area contributed by atoms with Crippen LogP contribution < -0.4 is 4.91 Å². The lowest BCUT2D eigenvalue weighted by molar-refractivity contribution is 0.928. The molecule has 0 bridgehead atoms. The van der Waals surface area contributed by atoms with Gasteiger partial charge in [-0.1, -0.05) is 6.08 Å². The number of nitrogens with zero attached hydrogens (tertiary/aromatic N) is 1. The van der Waals surface area contributed by atoms with Crippen molar-refractivity contribution in [1.29, 1.82) is 11.1 Å². The summed E-state index contributed by atoms with van der Waals surface area (Å²) in [7, 11) is 1.27. The zero-order chi connectivity index (χ0) is 6.12. The molecule has 0 aromatic rings. The molecule has 0 amide bonds. The van der Waals surface area contributed by atoms with Crippen LogP contribution in [0, 0.1) is 11.1 Å². The van der Waals surface area contributed by atoms with E-state index in [1.165, 1.54) is 16.3 Å². The molecule has 0 unspecified atom stereocenters. The summed E-state index contributed by atoms with van der Waals surface area (Å²) >= 11 is 0. The zero-order valence-corrected chi connectivity index (χ0v) is 6.44. The normalized spacial score (nSPS) is 5.14. The Morgan fingerprint density at radius 2 is 1.86 bits per heavy atom. The fourth-order valence-corrected chi connectivity index (χ4v) is 0. The van der Waals surface area contributed by atoms with Gasteiger partial charge in [-0.15, -0.1) is 6.58 Å². The molecule has 0 aliphatic carbocycles. The fourth-order valence-electron chi connectivity index (χ4n) is 0. The Kier molecular flexibility index (Phi) is 25.5. The van der Waals surface area contributed by atoms with E-state index >= 15 is 0 Å². The maximum atomic E-state index is 5.50. The predicted octanol–water partition coefficient (Wildman–Crippen LogP) is 0.0716. The zero-order valence-electron chi connectivity index (χ0n) is 4.44. The molecule has 0 aromatic heterocycles. The summed E-state index contributed by atoms with van der Waals surface area (Å²) in [6.07, 6.45) is 1.94. The van der Waals surface area contributed by atoms with Crippen LogP contribution in [-0.2, 0) is 0 Å². The molecule has 3 nitrogen and oxygen atoms in total. The van der Waals surface area contributed by atoms with Gasteiger partial charge in [-0.05, 0) is 6.04 Å². The minimum atomic E-state index is 1.22. The Labute approximate surface area is 45.9 Å². The van der Waals surface area contributed by atoms with Gasteiger partial charge in [0, 0.05) is 10.2 Å². The Morgan fingerprint density at radius 3 is 1.86 bits per heavy atom. The monoisotopic (exact) mass is 116 g/mol. The lowest BCUT2D eigenvalue weighted by Gasteiger charge is -1.57. The highest BCUT2D eigenvalue weighted by Crippen LogP contribution is 1.61. The van der Waals surface area contributed by atoms with Gasteiger partial charge in [0.15, 0.2) is 0 Å². The van der Waals surface area contributed by atoms with E-state index in [0.717, 1.165) is 0 Å². The molecule has 0 heterocycles. The maximum Gasteiger partial charge on any atom is 0.211 e. The van der Waals surface area contributed by atoms with Crippen molar-refractivity contribution < 1.29 is 0 Å². The van der Waals surface area contributed by atoms with E-state index in [1.807, 2.05) is 11.0 Å². The Balaban J connectivity index is 0. The van der Waals surface area contributed by atoms with E-state index in [9.17, 15) is 0 Å². The maximum absolute atomic E-state index is 5.50. The molecule has 40 valence electrons. The minimum absolute atomic E-state index is 1.22. The van der Waals surface area contributed by atoms with Crippen molar-refractivity contribution in [3.63, 3.8) is 0 Å². The lowest BCUT2D eigenvalue weighted by Crippen LogP contribution is -1.47. The van der Waals surface area contributed by atoms with Gasteiger partial charge in [0.05, 0.1) is 0 Å². The van der Waals surface area contributed by atoms with E-state index in [0.29, 0.717) is 0 Å². The van der Waals surface area contributed by atoms with E-state index in [1.54, 1.807) is 0 Å². The lowest BCUT2D eigenvalue weighted by atomic mass is 10.8. The smallest absolute Gasteiger partial charge is 0.103 e. The van der Waals surface area contributed by atoms with E-state index in [4.69, 9.17) is 11.1 Å². The minimum Gasteiger partial charge on any atom is -0.103 e. The highest BCUT2D eigenvalue weighted by Gasteiger charge is 1.46. The Hall–Kier alpha value is -0.733. The average molecular weight is 116 g/mol. The van der Waals surface area contributed by atoms with Crippen molar-refractivity contribution in [2.45, 2.75) is 6.04 Å². The largest absolute Gasteiger partial charge is 0.211 e. The van der Waals surface area contributed by atoms with Crippen molar-refractivity contribution >= 4 is 10.2 Å². The van der Waals surface area contributed by atoms with Crippen molar-refractivity contribution in [2.75, 3.05) is 0 Å². The van der Waals surface area contributed by atoms with Gasteiger partial charge in [-0.2, -0.15) is 0 Å². The van der Waals surface area contributed by atoms with Crippen molar-refractivity contribution in [3.05, 3.63) is 12.7 Å².